The molecule has 1 aromatic carbocycles. The van der Waals surface area contributed by atoms with Crippen molar-refractivity contribution in [2.24, 2.45) is 5.92 Å². The number of amides is 1. The highest BCUT2D eigenvalue weighted by molar-refractivity contribution is 6.39. The second-order valence-electron chi connectivity index (χ2n) is 5.77. The van der Waals surface area contributed by atoms with Crippen LogP contribution < -0.4 is 4.90 Å². The van der Waals surface area contributed by atoms with Crippen LogP contribution in [0.5, 0.6) is 0 Å². The summed E-state index contributed by atoms with van der Waals surface area (Å²) in [5, 5.41) is 1.33. The van der Waals surface area contributed by atoms with Crippen molar-refractivity contribution >= 4 is 34.8 Å². The summed E-state index contributed by atoms with van der Waals surface area (Å²) in [5.74, 6) is 0.400. The zero-order chi connectivity index (χ0) is 15.5. The van der Waals surface area contributed by atoms with Gasteiger partial charge in [0, 0.05) is 45.3 Å². The number of nitrogens with zero attached hydrogens (tertiary/aromatic N) is 2. The van der Waals surface area contributed by atoms with E-state index in [1.54, 1.807) is 0 Å². The van der Waals surface area contributed by atoms with E-state index in [9.17, 15) is 4.79 Å². The molecule has 6 heteroatoms. The Morgan fingerprint density at radius 3 is 2.23 bits per heavy atom. The van der Waals surface area contributed by atoms with Crippen LogP contribution in [0.15, 0.2) is 18.2 Å². The molecule has 2 fully saturated rings. The van der Waals surface area contributed by atoms with Crippen molar-refractivity contribution in [3.63, 3.8) is 0 Å². The number of halogens is 2. The third-order valence-corrected chi connectivity index (χ3v) is 5.03. The molecule has 0 radical (unpaired) electrons. The SMILES string of the molecule is O=C(C1CCOCC1)N1CCN(c2c(Cl)cccc2Cl)CC1. The average Bonchev–Trinajstić information content (AvgIpc) is 2.55. The number of hydrogen-bond donors (Lipinski definition) is 0. The van der Waals surface area contributed by atoms with Crippen molar-refractivity contribution in [1.29, 1.82) is 0 Å². The largest absolute Gasteiger partial charge is 0.381 e. The third kappa shape index (κ3) is 3.34. The lowest BCUT2D eigenvalue weighted by atomic mass is 9.98. The molecular weight excluding hydrogens is 323 g/mol. The molecule has 0 saturated carbocycles. The van der Waals surface area contributed by atoms with Crippen molar-refractivity contribution < 1.29 is 9.53 Å². The molecule has 0 bridgehead atoms. The smallest absolute Gasteiger partial charge is 0.225 e. The highest BCUT2D eigenvalue weighted by Crippen LogP contribution is 2.34. The van der Waals surface area contributed by atoms with Crippen molar-refractivity contribution in [2.75, 3.05) is 44.3 Å². The Labute approximate surface area is 140 Å². The van der Waals surface area contributed by atoms with Gasteiger partial charge < -0.3 is 14.5 Å². The van der Waals surface area contributed by atoms with Gasteiger partial charge in [0.05, 0.1) is 15.7 Å². The molecule has 22 heavy (non-hydrogen) atoms. The van der Waals surface area contributed by atoms with Gasteiger partial charge in [0.15, 0.2) is 0 Å². The van der Waals surface area contributed by atoms with E-state index in [0.717, 1.165) is 44.7 Å². The normalized spacial score (nSPS) is 20.3. The fourth-order valence-corrected chi connectivity index (χ4v) is 3.78. The summed E-state index contributed by atoms with van der Waals surface area (Å²) in [4.78, 5) is 16.7. The van der Waals surface area contributed by atoms with Gasteiger partial charge in [0.25, 0.3) is 0 Å². The molecular formula is C16H20Cl2N2O2. The first-order chi connectivity index (χ1) is 10.7. The van der Waals surface area contributed by atoms with Crippen LogP contribution >= 0.6 is 23.2 Å². The summed E-state index contributed by atoms with van der Waals surface area (Å²) in [5.41, 5.74) is 0.879. The molecule has 1 amide bonds. The lowest BCUT2D eigenvalue weighted by Crippen LogP contribution is -2.51. The lowest BCUT2D eigenvalue weighted by Gasteiger charge is -2.38. The van der Waals surface area contributed by atoms with Crippen LogP contribution in [0.25, 0.3) is 0 Å². The van der Waals surface area contributed by atoms with E-state index in [1.807, 2.05) is 23.1 Å². The molecule has 0 spiro atoms. The van der Waals surface area contributed by atoms with Gasteiger partial charge >= 0.3 is 0 Å². The van der Waals surface area contributed by atoms with Gasteiger partial charge in [-0.3, -0.25) is 4.79 Å². The van der Waals surface area contributed by atoms with Crippen LogP contribution in [0.1, 0.15) is 12.8 Å². The minimum atomic E-state index is 0.129. The van der Waals surface area contributed by atoms with Gasteiger partial charge in [-0.05, 0) is 25.0 Å². The predicted molar refractivity (Wildman–Crippen MR) is 88.8 cm³/mol. The maximum Gasteiger partial charge on any atom is 0.225 e. The van der Waals surface area contributed by atoms with Gasteiger partial charge in [0.1, 0.15) is 0 Å². The van der Waals surface area contributed by atoms with E-state index >= 15 is 0 Å². The summed E-state index contributed by atoms with van der Waals surface area (Å²) >= 11 is 12.5. The summed E-state index contributed by atoms with van der Waals surface area (Å²) in [6, 6.07) is 5.55. The third-order valence-electron chi connectivity index (χ3n) is 4.42. The monoisotopic (exact) mass is 342 g/mol. The molecule has 0 unspecified atom stereocenters. The summed E-state index contributed by atoms with van der Waals surface area (Å²) in [7, 11) is 0. The molecule has 0 aromatic heterocycles. The first-order valence-corrected chi connectivity index (χ1v) is 8.48. The molecule has 1 aromatic rings. The molecule has 3 rings (SSSR count). The zero-order valence-corrected chi connectivity index (χ0v) is 13.9. The summed E-state index contributed by atoms with van der Waals surface area (Å²) < 4.78 is 5.33. The number of rotatable bonds is 2. The van der Waals surface area contributed by atoms with E-state index in [-0.39, 0.29) is 11.8 Å². The number of para-hydroxylation sites is 1. The van der Waals surface area contributed by atoms with E-state index in [0.29, 0.717) is 23.3 Å². The van der Waals surface area contributed by atoms with E-state index in [1.165, 1.54) is 0 Å². The molecule has 0 atom stereocenters. The van der Waals surface area contributed by atoms with Crippen LogP contribution in [0, 0.1) is 5.92 Å². The highest BCUT2D eigenvalue weighted by atomic mass is 35.5. The molecule has 0 N–H and O–H groups in total. The molecule has 2 heterocycles. The van der Waals surface area contributed by atoms with Crippen molar-refractivity contribution in [3.05, 3.63) is 28.2 Å². The number of carbonyl (C=O) groups excluding carboxylic acids is 1. The first-order valence-electron chi connectivity index (χ1n) is 7.72. The van der Waals surface area contributed by atoms with Crippen molar-refractivity contribution in [1.82, 2.24) is 4.90 Å². The maximum absolute atomic E-state index is 12.5. The Kier molecular flexibility index (Phi) is 5.11. The Morgan fingerprint density at radius 2 is 1.64 bits per heavy atom. The number of carbonyl (C=O) groups is 1. The fourth-order valence-electron chi connectivity index (χ4n) is 3.14. The molecule has 0 aliphatic carbocycles. The van der Waals surface area contributed by atoms with Crippen LogP contribution in [-0.2, 0) is 9.53 Å². The summed E-state index contributed by atoms with van der Waals surface area (Å²) in [6.45, 7) is 4.36. The first kappa shape index (κ1) is 15.9. The molecule has 4 nitrogen and oxygen atoms in total. The minimum absolute atomic E-state index is 0.129. The maximum atomic E-state index is 12.5. The van der Waals surface area contributed by atoms with Crippen LogP contribution in [0.2, 0.25) is 10.0 Å². The van der Waals surface area contributed by atoms with E-state index in [4.69, 9.17) is 27.9 Å². The average molecular weight is 343 g/mol. The quantitative estimate of drug-likeness (QED) is 0.827. The molecule has 2 aliphatic heterocycles. The zero-order valence-electron chi connectivity index (χ0n) is 12.4. The minimum Gasteiger partial charge on any atom is -0.381 e. The number of anilines is 1. The van der Waals surface area contributed by atoms with Crippen LogP contribution in [0.3, 0.4) is 0 Å². The van der Waals surface area contributed by atoms with Gasteiger partial charge in [-0.1, -0.05) is 29.3 Å². The number of ether oxygens (including phenoxy) is 1. The number of piperazine rings is 1. The number of benzene rings is 1. The Hall–Kier alpha value is -0.970. The second kappa shape index (κ2) is 7.07. The van der Waals surface area contributed by atoms with Crippen LogP contribution in [0.4, 0.5) is 5.69 Å². The Bertz CT molecular complexity index is 519. The number of hydrogen-bond acceptors (Lipinski definition) is 3. The second-order valence-corrected chi connectivity index (χ2v) is 6.58. The Morgan fingerprint density at radius 1 is 1.05 bits per heavy atom. The molecule has 2 saturated heterocycles. The predicted octanol–water partition coefficient (Wildman–Crippen LogP) is 3.07. The fraction of sp³-hybridized carbons (Fsp3) is 0.562. The summed E-state index contributed by atoms with van der Waals surface area (Å²) in [6.07, 6.45) is 1.69. The van der Waals surface area contributed by atoms with Gasteiger partial charge in [-0.2, -0.15) is 0 Å². The molecule has 2 aliphatic rings. The van der Waals surface area contributed by atoms with E-state index < -0.39 is 0 Å². The van der Waals surface area contributed by atoms with Crippen molar-refractivity contribution in [2.45, 2.75) is 12.8 Å². The van der Waals surface area contributed by atoms with Gasteiger partial charge in [-0.15, -0.1) is 0 Å². The van der Waals surface area contributed by atoms with Crippen LogP contribution in [-0.4, -0.2) is 50.2 Å². The van der Waals surface area contributed by atoms with Gasteiger partial charge in [0.2, 0.25) is 5.91 Å². The Balaban J connectivity index is 1.61. The van der Waals surface area contributed by atoms with E-state index in [2.05, 4.69) is 4.90 Å². The van der Waals surface area contributed by atoms with Crippen molar-refractivity contribution in [3.8, 4) is 0 Å². The molecule has 120 valence electrons. The standard InChI is InChI=1S/C16H20Cl2N2O2/c17-13-2-1-3-14(18)15(13)19-6-8-20(9-7-19)16(21)12-4-10-22-11-5-12/h1-3,12H,4-11H2. The van der Waals surface area contributed by atoms with Gasteiger partial charge in [-0.25, -0.2) is 0 Å². The lowest BCUT2D eigenvalue weighted by molar-refractivity contribution is -0.138. The highest BCUT2D eigenvalue weighted by Gasteiger charge is 2.29. The topological polar surface area (TPSA) is 32.8 Å².